The van der Waals surface area contributed by atoms with E-state index < -0.39 is 0 Å². The van der Waals surface area contributed by atoms with Crippen molar-refractivity contribution in [2.24, 2.45) is 0 Å². The van der Waals surface area contributed by atoms with Gasteiger partial charge in [0.05, 0.1) is 0 Å². The Morgan fingerprint density at radius 3 is 2.35 bits per heavy atom. The summed E-state index contributed by atoms with van der Waals surface area (Å²) in [5.41, 5.74) is 3.54. The molecule has 0 unspecified atom stereocenters. The molecule has 3 rings (SSSR count). The lowest BCUT2D eigenvalue weighted by molar-refractivity contribution is 0.516. The van der Waals surface area contributed by atoms with Gasteiger partial charge in [-0.15, -0.1) is 0 Å². The molecular weight excluding hydrogens is 244 g/mol. The molecule has 0 amide bonds. The average Bonchev–Trinajstić information content (AvgIpc) is 2.53. The van der Waals surface area contributed by atoms with Crippen LogP contribution in [-0.2, 0) is 6.42 Å². The van der Waals surface area contributed by atoms with Crippen LogP contribution < -0.4 is 0 Å². The SMILES string of the molecule is OC#CCc1ccc(-c2cccc3ccccc23)cc1. The Bertz CT molecular complexity index is 784. The van der Waals surface area contributed by atoms with Gasteiger partial charge in [-0.1, -0.05) is 72.7 Å². The molecule has 0 fully saturated rings. The zero-order chi connectivity index (χ0) is 13.8. The van der Waals surface area contributed by atoms with Gasteiger partial charge < -0.3 is 5.11 Å². The zero-order valence-corrected chi connectivity index (χ0v) is 11.0. The predicted octanol–water partition coefficient (Wildman–Crippen LogP) is 4.38. The number of rotatable bonds is 2. The molecule has 1 nitrogen and oxygen atoms in total. The van der Waals surface area contributed by atoms with Crippen molar-refractivity contribution < 1.29 is 5.11 Å². The van der Waals surface area contributed by atoms with E-state index in [4.69, 9.17) is 5.11 Å². The first-order valence-electron chi connectivity index (χ1n) is 6.57. The second-order valence-corrected chi connectivity index (χ2v) is 4.69. The third kappa shape index (κ3) is 2.37. The van der Waals surface area contributed by atoms with Crippen molar-refractivity contribution in [2.45, 2.75) is 6.42 Å². The molecule has 0 heterocycles. The molecule has 0 saturated carbocycles. The van der Waals surface area contributed by atoms with Crippen LogP contribution in [0.5, 0.6) is 0 Å². The second-order valence-electron chi connectivity index (χ2n) is 4.69. The molecule has 20 heavy (non-hydrogen) atoms. The van der Waals surface area contributed by atoms with Gasteiger partial charge in [-0.25, -0.2) is 0 Å². The lowest BCUT2D eigenvalue weighted by atomic mass is 9.97. The van der Waals surface area contributed by atoms with E-state index in [1.165, 1.54) is 21.9 Å². The maximum absolute atomic E-state index is 8.52. The van der Waals surface area contributed by atoms with Gasteiger partial charge in [0.1, 0.15) is 6.11 Å². The fourth-order valence-corrected chi connectivity index (χ4v) is 2.42. The van der Waals surface area contributed by atoms with Crippen LogP contribution in [0.3, 0.4) is 0 Å². The Hall–Kier alpha value is -2.72. The molecule has 0 aliphatic carbocycles. The third-order valence-corrected chi connectivity index (χ3v) is 3.43. The Morgan fingerprint density at radius 2 is 1.55 bits per heavy atom. The largest absolute Gasteiger partial charge is 0.462 e. The summed E-state index contributed by atoms with van der Waals surface area (Å²) in [7, 11) is 0. The van der Waals surface area contributed by atoms with Gasteiger partial charge in [-0.3, -0.25) is 0 Å². The van der Waals surface area contributed by atoms with Crippen LogP contribution in [0.1, 0.15) is 5.56 Å². The minimum Gasteiger partial charge on any atom is -0.462 e. The molecule has 1 heteroatoms. The molecule has 0 atom stereocenters. The maximum Gasteiger partial charge on any atom is 0.107 e. The van der Waals surface area contributed by atoms with E-state index in [0.29, 0.717) is 6.42 Å². The monoisotopic (exact) mass is 258 g/mol. The first kappa shape index (κ1) is 12.3. The van der Waals surface area contributed by atoms with Crippen molar-refractivity contribution in [1.29, 1.82) is 0 Å². The van der Waals surface area contributed by atoms with Crippen LogP contribution in [0, 0.1) is 12.0 Å². The number of benzene rings is 3. The van der Waals surface area contributed by atoms with E-state index in [9.17, 15) is 0 Å². The molecule has 0 saturated heterocycles. The van der Waals surface area contributed by atoms with Crippen LogP contribution in [0.25, 0.3) is 21.9 Å². The van der Waals surface area contributed by atoms with Gasteiger partial charge in [0.15, 0.2) is 0 Å². The van der Waals surface area contributed by atoms with Gasteiger partial charge >= 0.3 is 0 Å². The van der Waals surface area contributed by atoms with Crippen molar-refractivity contribution in [1.82, 2.24) is 0 Å². The van der Waals surface area contributed by atoms with Crippen LogP contribution in [-0.4, -0.2) is 5.11 Å². The Kier molecular flexibility index (Phi) is 3.39. The van der Waals surface area contributed by atoms with Crippen molar-refractivity contribution in [2.75, 3.05) is 0 Å². The minimum absolute atomic E-state index is 0.576. The van der Waals surface area contributed by atoms with Crippen molar-refractivity contribution >= 4 is 10.8 Å². The topological polar surface area (TPSA) is 20.2 Å². The molecule has 1 N–H and O–H groups in total. The van der Waals surface area contributed by atoms with E-state index >= 15 is 0 Å². The van der Waals surface area contributed by atoms with Gasteiger partial charge in [0.25, 0.3) is 0 Å². The Labute approximate surface area is 118 Å². The Morgan fingerprint density at radius 1 is 0.800 bits per heavy atom. The summed E-state index contributed by atoms with van der Waals surface area (Å²) in [6.45, 7) is 0. The quantitative estimate of drug-likeness (QED) is 0.676. The molecular formula is C19H14O. The third-order valence-electron chi connectivity index (χ3n) is 3.43. The predicted molar refractivity (Wildman–Crippen MR) is 82.8 cm³/mol. The van der Waals surface area contributed by atoms with Crippen LogP contribution in [0.2, 0.25) is 0 Å². The molecule has 0 aromatic heterocycles. The summed E-state index contributed by atoms with van der Waals surface area (Å²) in [6, 6.07) is 23.1. The highest BCUT2D eigenvalue weighted by molar-refractivity contribution is 5.96. The lowest BCUT2D eigenvalue weighted by Crippen LogP contribution is -1.84. The highest BCUT2D eigenvalue weighted by Gasteiger charge is 2.02. The molecule has 0 radical (unpaired) electrons. The van der Waals surface area contributed by atoms with Crippen molar-refractivity contribution in [3.05, 3.63) is 72.3 Å². The van der Waals surface area contributed by atoms with E-state index in [2.05, 4.69) is 72.7 Å². The molecule has 3 aromatic carbocycles. The van der Waals surface area contributed by atoms with E-state index in [1.807, 2.05) is 6.11 Å². The first-order chi connectivity index (χ1) is 9.88. The fraction of sp³-hybridized carbons (Fsp3) is 0.0526. The normalized spacial score (nSPS) is 10.0. The number of aliphatic hydroxyl groups is 1. The highest BCUT2D eigenvalue weighted by Crippen LogP contribution is 2.28. The second kappa shape index (κ2) is 5.50. The van der Waals surface area contributed by atoms with Crippen molar-refractivity contribution in [3.8, 4) is 23.2 Å². The van der Waals surface area contributed by atoms with Crippen molar-refractivity contribution in [3.63, 3.8) is 0 Å². The molecule has 96 valence electrons. The summed E-state index contributed by atoms with van der Waals surface area (Å²) >= 11 is 0. The number of hydrogen-bond acceptors (Lipinski definition) is 1. The fourth-order valence-electron chi connectivity index (χ4n) is 2.42. The number of hydrogen-bond donors (Lipinski definition) is 1. The summed E-state index contributed by atoms with van der Waals surface area (Å²) < 4.78 is 0. The summed E-state index contributed by atoms with van der Waals surface area (Å²) in [6.07, 6.45) is 2.51. The van der Waals surface area contributed by atoms with Crippen LogP contribution in [0.4, 0.5) is 0 Å². The highest BCUT2D eigenvalue weighted by atomic mass is 16.2. The number of aliphatic hydroxyl groups excluding tert-OH is 1. The van der Waals surface area contributed by atoms with E-state index in [1.54, 1.807) is 0 Å². The summed E-state index contributed by atoms with van der Waals surface area (Å²) in [5.74, 6) is 2.66. The first-order valence-corrected chi connectivity index (χ1v) is 6.57. The molecule has 3 aromatic rings. The van der Waals surface area contributed by atoms with Gasteiger partial charge in [-0.05, 0) is 27.5 Å². The van der Waals surface area contributed by atoms with Crippen LogP contribution >= 0.6 is 0 Å². The van der Waals surface area contributed by atoms with Crippen LogP contribution in [0.15, 0.2) is 66.7 Å². The number of fused-ring (bicyclic) bond motifs is 1. The zero-order valence-electron chi connectivity index (χ0n) is 11.0. The molecule has 0 aliphatic heterocycles. The average molecular weight is 258 g/mol. The lowest BCUT2D eigenvalue weighted by Gasteiger charge is -2.07. The summed E-state index contributed by atoms with van der Waals surface area (Å²) in [4.78, 5) is 0. The molecule has 0 aliphatic rings. The Balaban J connectivity index is 2.04. The minimum atomic E-state index is 0.576. The molecule has 0 bridgehead atoms. The smallest absolute Gasteiger partial charge is 0.107 e. The van der Waals surface area contributed by atoms with E-state index in [0.717, 1.165) is 5.56 Å². The molecule has 0 spiro atoms. The maximum atomic E-state index is 8.52. The van der Waals surface area contributed by atoms with Gasteiger partial charge in [0.2, 0.25) is 0 Å². The standard InChI is InChI=1S/C19H14O/c20-14-4-5-15-10-12-17(13-11-15)19-9-3-7-16-6-1-2-8-18(16)19/h1-3,6-13,20H,5H2. The van der Waals surface area contributed by atoms with Gasteiger partial charge in [0, 0.05) is 6.42 Å². The van der Waals surface area contributed by atoms with E-state index in [-0.39, 0.29) is 0 Å². The van der Waals surface area contributed by atoms with Gasteiger partial charge in [-0.2, -0.15) is 0 Å². The summed E-state index contributed by atoms with van der Waals surface area (Å²) in [5, 5.41) is 11.0.